The average molecular weight is 202 g/mol. The lowest BCUT2D eigenvalue weighted by Crippen LogP contribution is -2.09. The van der Waals surface area contributed by atoms with Crippen molar-refractivity contribution in [1.82, 2.24) is 0 Å². The van der Waals surface area contributed by atoms with Crippen molar-refractivity contribution in [3.05, 3.63) is 0 Å². The fourth-order valence-corrected chi connectivity index (χ4v) is 0.638. The quantitative estimate of drug-likeness (QED) is 0.648. The molecule has 0 aromatic rings. The summed E-state index contributed by atoms with van der Waals surface area (Å²) >= 11 is 0. The van der Waals surface area contributed by atoms with E-state index in [1.165, 1.54) is 6.42 Å². The Bertz CT molecular complexity index is 104. The van der Waals surface area contributed by atoms with Crippen LogP contribution in [-0.2, 0) is 4.79 Å². The van der Waals surface area contributed by atoms with Gasteiger partial charge in [-0.15, -0.1) is 0 Å². The fraction of sp³-hybridized carbons (Fsp3) is 0.923. The number of hydrogen-bond donors (Lipinski definition) is 0. The second kappa shape index (κ2) is 15.2. The van der Waals surface area contributed by atoms with Gasteiger partial charge in [0.2, 0.25) is 0 Å². The molecule has 0 radical (unpaired) electrons. The summed E-state index contributed by atoms with van der Waals surface area (Å²) in [6.45, 7) is 16.3. The minimum Gasteiger partial charge on any atom is -0.299 e. The van der Waals surface area contributed by atoms with E-state index < -0.39 is 0 Å². The molecule has 0 bridgehead atoms. The summed E-state index contributed by atoms with van der Waals surface area (Å²) in [6, 6.07) is 0. The molecule has 0 aliphatic carbocycles. The molecule has 0 N–H and O–H groups in total. The summed E-state index contributed by atoms with van der Waals surface area (Å²) in [6.07, 6.45) is 1.98. The van der Waals surface area contributed by atoms with E-state index in [0.29, 0.717) is 11.7 Å². The molecule has 14 heavy (non-hydrogen) atoms. The first-order valence-electron chi connectivity index (χ1n) is 5.98. The van der Waals surface area contributed by atoms with Crippen LogP contribution in [0.5, 0.6) is 0 Å². The molecule has 1 nitrogen and oxygen atoms in total. The van der Waals surface area contributed by atoms with E-state index in [2.05, 4.69) is 27.7 Å². The molecular weight excluding hydrogens is 172 g/mol. The van der Waals surface area contributed by atoms with Gasteiger partial charge in [-0.25, -0.2) is 0 Å². The van der Waals surface area contributed by atoms with E-state index >= 15 is 0 Å². The van der Waals surface area contributed by atoms with Gasteiger partial charge in [0.05, 0.1) is 0 Å². The number of carbonyl (C=O) groups excluding carboxylic acids is 1. The number of ketones is 1. The largest absolute Gasteiger partial charge is 0.299 e. The summed E-state index contributed by atoms with van der Waals surface area (Å²) < 4.78 is 0. The fourth-order valence-electron chi connectivity index (χ4n) is 0.638. The molecule has 0 rings (SSSR count). The maximum atomic E-state index is 11.0. The number of carbonyl (C=O) groups is 1. The van der Waals surface area contributed by atoms with Crippen LogP contribution in [0.25, 0.3) is 0 Å². The average Bonchev–Trinajstić information content (AvgIpc) is 2.08. The van der Waals surface area contributed by atoms with Gasteiger partial charge in [-0.2, -0.15) is 0 Å². The summed E-state index contributed by atoms with van der Waals surface area (Å²) in [4.78, 5) is 11.0. The molecule has 0 aromatic heterocycles. The summed E-state index contributed by atoms with van der Waals surface area (Å²) in [5.74, 6) is 1.11. The van der Waals surface area contributed by atoms with Crippen molar-refractivity contribution in [2.75, 3.05) is 0 Å². The topological polar surface area (TPSA) is 17.1 Å². The van der Waals surface area contributed by atoms with Gasteiger partial charge in [0.25, 0.3) is 0 Å². The lowest BCUT2D eigenvalue weighted by Gasteiger charge is -2.05. The van der Waals surface area contributed by atoms with Crippen LogP contribution in [0.4, 0.5) is 0 Å². The van der Waals surface area contributed by atoms with Crippen molar-refractivity contribution in [1.29, 1.82) is 0 Å². The summed E-state index contributed by atoms with van der Waals surface area (Å²) in [7, 11) is 0. The van der Waals surface area contributed by atoms with Gasteiger partial charge in [-0.3, -0.25) is 4.79 Å². The minimum absolute atomic E-state index is 0.215. The summed E-state index contributed by atoms with van der Waals surface area (Å²) in [5.41, 5.74) is 0. The van der Waals surface area contributed by atoms with Crippen LogP contribution in [-0.4, -0.2) is 5.78 Å². The van der Waals surface area contributed by atoms with Gasteiger partial charge in [0.15, 0.2) is 0 Å². The predicted molar refractivity (Wildman–Crippen MR) is 66.6 cm³/mol. The Morgan fingerprint density at radius 2 is 1.29 bits per heavy atom. The molecule has 0 saturated carbocycles. The number of rotatable bonds is 3. The van der Waals surface area contributed by atoms with Crippen molar-refractivity contribution in [3.8, 4) is 0 Å². The second-order valence-corrected chi connectivity index (χ2v) is 3.93. The highest BCUT2D eigenvalue weighted by Crippen LogP contribution is 2.06. The molecule has 0 fully saturated rings. The van der Waals surface area contributed by atoms with E-state index in [0.717, 1.165) is 6.42 Å². The zero-order valence-corrected chi connectivity index (χ0v) is 11.5. The van der Waals surface area contributed by atoms with E-state index in [1.54, 1.807) is 0 Å². The maximum absolute atomic E-state index is 11.0. The standard InChI is InChI=1S/C8H16O.C3H8.C2H6/c1-6(2)5-8(9)7(3)4;1-3-2;1-2/h6-7H,5H2,1-4H3;3H2,1-2H3;1-2H3. The predicted octanol–water partition coefficient (Wildman–Crippen LogP) is 4.70. The van der Waals surface area contributed by atoms with Crippen LogP contribution in [0, 0.1) is 11.8 Å². The van der Waals surface area contributed by atoms with Gasteiger partial charge in [0, 0.05) is 12.3 Å². The molecule has 0 aliphatic rings. The maximum Gasteiger partial charge on any atom is 0.135 e. The zero-order valence-electron chi connectivity index (χ0n) is 11.5. The van der Waals surface area contributed by atoms with Gasteiger partial charge in [0.1, 0.15) is 5.78 Å². The van der Waals surface area contributed by atoms with Crippen molar-refractivity contribution < 1.29 is 4.79 Å². The smallest absolute Gasteiger partial charge is 0.135 e. The second-order valence-electron chi connectivity index (χ2n) is 3.93. The third kappa shape index (κ3) is 22.6. The molecular formula is C13H30O. The highest BCUT2D eigenvalue weighted by molar-refractivity contribution is 5.80. The lowest BCUT2D eigenvalue weighted by atomic mass is 9.99. The third-order valence-electron chi connectivity index (χ3n) is 1.25. The zero-order chi connectivity index (χ0) is 12.1. The van der Waals surface area contributed by atoms with Crippen LogP contribution in [0.2, 0.25) is 0 Å². The first-order valence-corrected chi connectivity index (χ1v) is 5.98. The molecule has 0 saturated heterocycles. The SMILES string of the molecule is CC.CC(C)CC(=O)C(C)C.CCC. The van der Waals surface area contributed by atoms with Crippen molar-refractivity contribution in [2.45, 2.75) is 68.2 Å². The Hall–Kier alpha value is -0.330. The third-order valence-corrected chi connectivity index (χ3v) is 1.25. The van der Waals surface area contributed by atoms with Crippen molar-refractivity contribution in [3.63, 3.8) is 0 Å². The van der Waals surface area contributed by atoms with E-state index in [4.69, 9.17) is 0 Å². The Morgan fingerprint density at radius 1 is 1.00 bits per heavy atom. The molecule has 0 aromatic carbocycles. The highest BCUT2D eigenvalue weighted by atomic mass is 16.1. The molecule has 0 heterocycles. The number of hydrogen-bond acceptors (Lipinski definition) is 1. The molecule has 0 aliphatic heterocycles. The molecule has 0 atom stereocenters. The Kier molecular flexibility index (Phi) is 20.9. The normalized spacial score (nSPS) is 8.71. The van der Waals surface area contributed by atoms with Crippen LogP contribution >= 0.6 is 0 Å². The van der Waals surface area contributed by atoms with Gasteiger partial charge >= 0.3 is 0 Å². The van der Waals surface area contributed by atoms with Crippen LogP contribution in [0.15, 0.2) is 0 Å². The molecule has 0 spiro atoms. The van der Waals surface area contributed by atoms with Gasteiger partial charge < -0.3 is 0 Å². The first-order chi connectivity index (χ1) is 6.45. The molecule has 88 valence electrons. The summed E-state index contributed by atoms with van der Waals surface area (Å²) in [5, 5.41) is 0. The molecule has 0 unspecified atom stereocenters. The highest BCUT2D eigenvalue weighted by Gasteiger charge is 2.07. The van der Waals surface area contributed by atoms with E-state index in [-0.39, 0.29) is 5.92 Å². The van der Waals surface area contributed by atoms with Gasteiger partial charge in [-0.05, 0) is 5.92 Å². The molecule has 1 heteroatoms. The van der Waals surface area contributed by atoms with Crippen molar-refractivity contribution in [2.24, 2.45) is 11.8 Å². The monoisotopic (exact) mass is 202 g/mol. The van der Waals surface area contributed by atoms with Crippen LogP contribution in [0.1, 0.15) is 68.2 Å². The first kappa shape index (κ1) is 19.3. The Morgan fingerprint density at radius 3 is 1.36 bits per heavy atom. The molecule has 0 amide bonds. The van der Waals surface area contributed by atoms with E-state index in [1.807, 2.05) is 27.7 Å². The van der Waals surface area contributed by atoms with Crippen molar-refractivity contribution >= 4 is 5.78 Å². The Labute approximate surface area is 91.3 Å². The van der Waals surface area contributed by atoms with Crippen LogP contribution in [0.3, 0.4) is 0 Å². The lowest BCUT2D eigenvalue weighted by molar-refractivity contribution is -0.122. The van der Waals surface area contributed by atoms with Gasteiger partial charge in [-0.1, -0.05) is 61.8 Å². The Balaban J connectivity index is -0.000000205. The number of Topliss-reactive ketones (excluding diaryl/α,β-unsaturated/α-hetero) is 1. The minimum atomic E-state index is 0.215. The van der Waals surface area contributed by atoms with Crippen LogP contribution < -0.4 is 0 Å². The van der Waals surface area contributed by atoms with E-state index in [9.17, 15) is 4.79 Å².